The fourth-order valence-corrected chi connectivity index (χ4v) is 2.74. The molecule has 0 bridgehead atoms. The molecule has 0 aliphatic carbocycles. The molecule has 5 heteroatoms. The first-order chi connectivity index (χ1) is 9.52. The molecule has 2 rings (SSSR count). The lowest BCUT2D eigenvalue weighted by Crippen LogP contribution is -2.47. The third-order valence-corrected chi connectivity index (χ3v) is 4.17. The zero-order valence-corrected chi connectivity index (χ0v) is 12.9. The minimum Gasteiger partial charge on any atom is -0.344 e. The molecule has 20 heavy (non-hydrogen) atoms. The van der Waals surface area contributed by atoms with E-state index in [-0.39, 0.29) is 17.7 Å². The van der Waals surface area contributed by atoms with Crippen LogP contribution in [0.5, 0.6) is 0 Å². The van der Waals surface area contributed by atoms with Crippen LogP contribution in [0.3, 0.4) is 0 Å². The lowest BCUT2D eigenvalue weighted by molar-refractivity contribution is -0.126. The summed E-state index contributed by atoms with van der Waals surface area (Å²) in [6.45, 7) is 4.33. The summed E-state index contributed by atoms with van der Waals surface area (Å²) in [5, 5.41) is 2.82. The van der Waals surface area contributed by atoms with Gasteiger partial charge < -0.3 is 10.2 Å². The number of amides is 2. The fraction of sp³-hybridized carbons (Fsp3) is 0.467. The summed E-state index contributed by atoms with van der Waals surface area (Å²) in [5.41, 5.74) is 0.865. The van der Waals surface area contributed by atoms with Gasteiger partial charge in [-0.15, -0.1) is 11.8 Å². The molecule has 0 saturated carbocycles. The molecule has 1 aromatic carbocycles. The molecule has 1 atom stereocenters. The van der Waals surface area contributed by atoms with Crippen molar-refractivity contribution in [3.8, 4) is 0 Å². The van der Waals surface area contributed by atoms with Crippen LogP contribution in [0, 0.1) is 5.92 Å². The molecule has 1 fully saturated rings. The average molecular weight is 292 g/mol. The number of benzene rings is 1. The molecular formula is C15H20N2O2S. The number of hydrogen-bond donors (Lipinski definition) is 1. The monoisotopic (exact) mass is 292 g/mol. The summed E-state index contributed by atoms with van der Waals surface area (Å²) < 4.78 is 0. The molecule has 1 aromatic rings. The highest BCUT2D eigenvalue weighted by molar-refractivity contribution is 7.98. The molecule has 2 amide bonds. The first-order valence-corrected chi connectivity index (χ1v) is 8.00. The van der Waals surface area contributed by atoms with Crippen molar-refractivity contribution < 1.29 is 9.59 Å². The Morgan fingerprint density at radius 3 is 2.75 bits per heavy atom. The summed E-state index contributed by atoms with van der Waals surface area (Å²) in [6, 6.07) is 7.43. The van der Waals surface area contributed by atoms with Gasteiger partial charge in [-0.05, 0) is 30.4 Å². The van der Waals surface area contributed by atoms with Crippen molar-refractivity contribution in [2.45, 2.75) is 31.2 Å². The topological polar surface area (TPSA) is 49.4 Å². The van der Waals surface area contributed by atoms with Crippen molar-refractivity contribution in [1.82, 2.24) is 5.32 Å². The van der Waals surface area contributed by atoms with Crippen LogP contribution >= 0.6 is 11.8 Å². The Bertz CT molecular complexity index is 516. The normalized spacial score (nSPS) is 20.0. The van der Waals surface area contributed by atoms with Crippen molar-refractivity contribution in [1.29, 1.82) is 0 Å². The van der Waals surface area contributed by atoms with E-state index in [1.807, 2.05) is 44.4 Å². The second kappa shape index (κ2) is 6.31. The lowest BCUT2D eigenvalue weighted by atomic mass is 10.0. The number of nitrogens with one attached hydrogen (secondary N) is 1. The van der Waals surface area contributed by atoms with Crippen LogP contribution in [0.1, 0.15) is 20.3 Å². The van der Waals surface area contributed by atoms with Gasteiger partial charge in [-0.3, -0.25) is 9.59 Å². The molecule has 1 N–H and O–H groups in total. The Morgan fingerprint density at radius 2 is 2.10 bits per heavy atom. The van der Waals surface area contributed by atoms with E-state index in [2.05, 4.69) is 5.32 Å². The first-order valence-electron chi connectivity index (χ1n) is 6.77. The highest BCUT2D eigenvalue weighted by Gasteiger charge is 2.32. The molecule has 1 aliphatic heterocycles. The van der Waals surface area contributed by atoms with E-state index >= 15 is 0 Å². The molecule has 1 saturated heterocycles. The Labute approximate surface area is 123 Å². The van der Waals surface area contributed by atoms with Crippen LogP contribution in [0.2, 0.25) is 0 Å². The minimum absolute atomic E-state index is 0.0240. The molecule has 1 unspecified atom stereocenters. The Hall–Kier alpha value is -1.49. The fourth-order valence-electron chi connectivity index (χ4n) is 2.29. The van der Waals surface area contributed by atoms with E-state index in [0.29, 0.717) is 13.0 Å². The van der Waals surface area contributed by atoms with Crippen LogP contribution in [0.15, 0.2) is 29.2 Å². The van der Waals surface area contributed by atoms with Gasteiger partial charge in [-0.25, -0.2) is 0 Å². The maximum absolute atomic E-state index is 12.6. The van der Waals surface area contributed by atoms with Crippen LogP contribution in [-0.4, -0.2) is 30.7 Å². The summed E-state index contributed by atoms with van der Waals surface area (Å²) in [6.07, 6.45) is 2.35. The molecule has 4 nitrogen and oxygen atoms in total. The van der Waals surface area contributed by atoms with Crippen molar-refractivity contribution in [3.63, 3.8) is 0 Å². The van der Waals surface area contributed by atoms with Crippen LogP contribution < -0.4 is 10.2 Å². The molecular weight excluding hydrogens is 272 g/mol. The maximum Gasteiger partial charge on any atom is 0.249 e. The SMILES string of the molecule is CSc1cccc(N2CCC(=O)NC(C(C)C)C2=O)c1. The van der Waals surface area contributed by atoms with Gasteiger partial charge in [0.25, 0.3) is 0 Å². The van der Waals surface area contributed by atoms with Gasteiger partial charge in [0, 0.05) is 23.5 Å². The lowest BCUT2D eigenvalue weighted by Gasteiger charge is -2.26. The quantitative estimate of drug-likeness (QED) is 0.870. The summed E-state index contributed by atoms with van der Waals surface area (Å²) in [4.78, 5) is 27.2. The number of hydrogen-bond acceptors (Lipinski definition) is 3. The first kappa shape index (κ1) is 14.9. The smallest absolute Gasteiger partial charge is 0.249 e. The minimum atomic E-state index is -0.442. The third-order valence-electron chi connectivity index (χ3n) is 3.44. The van der Waals surface area contributed by atoms with Gasteiger partial charge in [0.1, 0.15) is 6.04 Å². The second-order valence-corrected chi connectivity index (χ2v) is 6.11. The maximum atomic E-state index is 12.6. The average Bonchev–Trinajstić information content (AvgIpc) is 2.58. The molecule has 0 aromatic heterocycles. The van der Waals surface area contributed by atoms with Crippen molar-refractivity contribution >= 4 is 29.3 Å². The van der Waals surface area contributed by atoms with Gasteiger partial charge in [-0.2, -0.15) is 0 Å². The van der Waals surface area contributed by atoms with Crippen molar-refractivity contribution in [2.75, 3.05) is 17.7 Å². The van der Waals surface area contributed by atoms with E-state index in [0.717, 1.165) is 10.6 Å². The van der Waals surface area contributed by atoms with E-state index < -0.39 is 6.04 Å². The third kappa shape index (κ3) is 3.15. The van der Waals surface area contributed by atoms with Gasteiger partial charge in [-0.1, -0.05) is 19.9 Å². The zero-order valence-electron chi connectivity index (χ0n) is 12.1. The van der Waals surface area contributed by atoms with Crippen LogP contribution in [-0.2, 0) is 9.59 Å². The van der Waals surface area contributed by atoms with E-state index in [4.69, 9.17) is 0 Å². The zero-order chi connectivity index (χ0) is 14.7. The molecule has 1 aliphatic rings. The van der Waals surface area contributed by atoms with Gasteiger partial charge in [0.15, 0.2) is 0 Å². The van der Waals surface area contributed by atoms with E-state index in [1.54, 1.807) is 16.7 Å². The van der Waals surface area contributed by atoms with Crippen LogP contribution in [0.4, 0.5) is 5.69 Å². The number of rotatable bonds is 3. The molecule has 1 heterocycles. The summed E-state index contributed by atoms with van der Waals surface area (Å²) in [7, 11) is 0. The number of thioether (sulfide) groups is 1. The largest absolute Gasteiger partial charge is 0.344 e. The highest BCUT2D eigenvalue weighted by Crippen LogP contribution is 2.24. The number of nitrogens with zero attached hydrogens (tertiary/aromatic N) is 1. The highest BCUT2D eigenvalue weighted by atomic mass is 32.2. The molecule has 0 radical (unpaired) electrons. The van der Waals surface area contributed by atoms with E-state index in [9.17, 15) is 9.59 Å². The molecule has 108 valence electrons. The summed E-state index contributed by atoms with van der Waals surface area (Å²) >= 11 is 1.64. The predicted molar refractivity (Wildman–Crippen MR) is 82.0 cm³/mol. The standard InChI is InChI=1S/C15H20N2O2S/c1-10(2)14-15(19)17(8-7-13(18)16-14)11-5-4-6-12(9-11)20-3/h4-6,9-10,14H,7-8H2,1-3H3,(H,16,18). The number of carbonyl (C=O) groups is 2. The number of carbonyl (C=O) groups excluding carboxylic acids is 2. The number of anilines is 1. The van der Waals surface area contributed by atoms with Gasteiger partial charge >= 0.3 is 0 Å². The Kier molecular flexibility index (Phi) is 4.70. The Morgan fingerprint density at radius 1 is 1.35 bits per heavy atom. The Balaban J connectivity index is 2.33. The van der Waals surface area contributed by atoms with Gasteiger partial charge in [0.05, 0.1) is 0 Å². The predicted octanol–water partition coefficient (Wildman–Crippen LogP) is 2.29. The van der Waals surface area contributed by atoms with Gasteiger partial charge in [0.2, 0.25) is 11.8 Å². The summed E-state index contributed by atoms with van der Waals surface area (Å²) in [5.74, 6) is 0.000423. The van der Waals surface area contributed by atoms with Crippen molar-refractivity contribution in [2.24, 2.45) is 5.92 Å². The second-order valence-electron chi connectivity index (χ2n) is 5.23. The van der Waals surface area contributed by atoms with Crippen molar-refractivity contribution in [3.05, 3.63) is 24.3 Å². The van der Waals surface area contributed by atoms with E-state index in [1.165, 1.54) is 0 Å². The molecule has 0 spiro atoms. The van der Waals surface area contributed by atoms with Crippen LogP contribution in [0.25, 0.3) is 0 Å².